The van der Waals surface area contributed by atoms with Crippen molar-refractivity contribution in [1.82, 2.24) is 4.98 Å². The van der Waals surface area contributed by atoms with E-state index in [-0.39, 0.29) is 5.75 Å². The van der Waals surface area contributed by atoms with E-state index >= 15 is 0 Å². The number of hydrogen-bond donors (Lipinski definition) is 0. The number of halogens is 2. The molecule has 4 aromatic rings. The third-order valence-electron chi connectivity index (χ3n) is 3.84. The highest BCUT2D eigenvalue weighted by Gasteiger charge is 2.08. The molecule has 0 spiro atoms. The number of fused-ring (bicyclic) bond motifs is 3. The standard InChI is InChI=1S/C20H13F2NOS/c21-20(22)24-16-8-4-2-6-14(16)10-12-18-23-19-15-7-3-1-5-13(15)9-11-17(19)25-18/h1-12,20H. The molecule has 1 aromatic heterocycles. The van der Waals surface area contributed by atoms with Crippen molar-refractivity contribution in [3.63, 3.8) is 0 Å². The second-order valence-corrected chi connectivity index (χ2v) is 6.50. The van der Waals surface area contributed by atoms with Crippen molar-refractivity contribution in [1.29, 1.82) is 0 Å². The molecule has 0 amide bonds. The minimum atomic E-state index is -2.84. The Bertz CT molecular complexity index is 1070. The third kappa shape index (κ3) is 3.23. The van der Waals surface area contributed by atoms with Crippen molar-refractivity contribution in [2.75, 3.05) is 0 Å². The number of alkyl halides is 2. The molecule has 0 aliphatic rings. The third-order valence-corrected chi connectivity index (χ3v) is 4.83. The van der Waals surface area contributed by atoms with Crippen LogP contribution in [0.1, 0.15) is 10.6 Å². The van der Waals surface area contributed by atoms with Crippen LogP contribution in [-0.4, -0.2) is 11.6 Å². The summed E-state index contributed by atoms with van der Waals surface area (Å²) in [7, 11) is 0. The van der Waals surface area contributed by atoms with E-state index in [1.54, 1.807) is 35.6 Å². The van der Waals surface area contributed by atoms with Gasteiger partial charge in [-0.2, -0.15) is 8.78 Å². The number of hydrogen-bond acceptors (Lipinski definition) is 3. The van der Waals surface area contributed by atoms with Gasteiger partial charge in [-0.05, 0) is 29.7 Å². The molecule has 0 bridgehead atoms. The molecule has 0 N–H and O–H groups in total. The van der Waals surface area contributed by atoms with E-state index < -0.39 is 6.61 Å². The minimum absolute atomic E-state index is 0.153. The molecule has 0 saturated carbocycles. The van der Waals surface area contributed by atoms with Gasteiger partial charge in [0.2, 0.25) is 0 Å². The predicted molar refractivity (Wildman–Crippen MR) is 99.1 cm³/mol. The van der Waals surface area contributed by atoms with Crippen molar-refractivity contribution in [3.05, 3.63) is 71.2 Å². The topological polar surface area (TPSA) is 22.1 Å². The fraction of sp³-hybridized carbons (Fsp3) is 0.0500. The molecule has 0 atom stereocenters. The predicted octanol–water partition coefficient (Wildman–Crippen LogP) is 6.22. The number of rotatable bonds is 4. The quantitative estimate of drug-likeness (QED) is 0.434. The Morgan fingerprint density at radius 1 is 0.920 bits per heavy atom. The highest BCUT2D eigenvalue weighted by molar-refractivity contribution is 7.19. The first kappa shape index (κ1) is 15.7. The largest absolute Gasteiger partial charge is 0.434 e. The highest BCUT2D eigenvalue weighted by atomic mass is 32.1. The Kier molecular flexibility index (Phi) is 4.15. The van der Waals surface area contributed by atoms with Crippen LogP contribution in [0.15, 0.2) is 60.7 Å². The number of ether oxygens (including phenoxy) is 1. The number of thiazole rings is 1. The summed E-state index contributed by atoms with van der Waals surface area (Å²) in [6.07, 6.45) is 3.57. The first-order valence-electron chi connectivity index (χ1n) is 7.71. The molecule has 0 aliphatic carbocycles. The molecule has 3 aromatic carbocycles. The summed E-state index contributed by atoms with van der Waals surface area (Å²) in [5.74, 6) is 0.153. The van der Waals surface area contributed by atoms with Gasteiger partial charge in [0.1, 0.15) is 10.8 Å². The van der Waals surface area contributed by atoms with Gasteiger partial charge < -0.3 is 4.74 Å². The maximum atomic E-state index is 12.5. The van der Waals surface area contributed by atoms with Crippen molar-refractivity contribution >= 4 is 44.5 Å². The molecule has 0 fully saturated rings. The van der Waals surface area contributed by atoms with Crippen LogP contribution in [-0.2, 0) is 0 Å². The number of benzene rings is 3. The Morgan fingerprint density at radius 3 is 2.60 bits per heavy atom. The van der Waals surface area contributed by atoms with Crippen molar-refractivity contribution in [2.24, 2.45) is 0 Å². The molecule has 124 valence electrons. The highest BCUT2D eigenvalue weighted by Crippen LogP contribution is 2.30. The van der Waals surface area contributed by atoms with Crippen LogP contribution < -0.4 is 4.74 Å². The maximum absolute atomic E-state index is 12.5. The summed E-state index contributed by atoms with van der Waals surface area (Å²) in [4.78, 5) is 4.69. The number of aromatic nitrogens is 1. The summed E-state index contributed by atoms with van der Waals surface area (Å²) in [5, 5.41) is 3.07. The molecule has 0 radical (unpaired) electrons. The smallest absolute Gasteiger partial charge is 0.387 e. The van der Waals surface area contributed by atoms with Crippen LogP contribution >= 0.6 is 11.3 Å². The second kappa shape index (κ2) is 6.61. The van der Waals surface area contributed by atoms with Gasteiger partial charge in [-0.15, -0.1) is 11.3 Å². The Balaban J connectivity index is 1.72. The minimum Gasteiger partial charge on any atom is -0.434 e. The van der Waals surface area contributed by atoms with E-state index in [0.717, 1.165) is 26.0 Å². The van der Waals surface area contributed by atoms with Crippen LogP contribution in [0.25, 0.3) is 33.1 Å². The Morgan fingerprint density at radius 2 is 1.72 bits per heavy atom. The lowest BCUT2D eigenvalue weighted by Crippen LogP contribution is -2.02. The van der Waals surface area contributed by atoms with E-state index in [9.17, 15) is 8.78 Å². The molecule has 0 unspecified atom stereocenters. The summed E-state index contributed by atoms with van der Waals surface area (Å²) in [6.45, 7) is -2.84. The van der Waals surface area contributed by atoms with E-state index in [2.05, 4.69) is 34.0 Å². The first-order chi connectivity index (χ1) is 12.2. The van der Waals surface area contributed by atoms with Gasteiger partial charge >= 0.3 is 6.61 Å². The zero-order valence-corrected chi connectivity index (χ0v) is 13.8. The lowest BCUT2D eigenvalue weighted by atomic mass is 10.1. The Labute approximate surface area is 147 Å². The molecule has 0 saturated heterocycles. The SMILES string of the molecule is FC(F)Oc1ccccc1C=Cc1nc2c(ccc3ccccc32)s1. The first-order valence-corrected chi connectivity index (χ1v) is 8.52. The summed E-state index contributed by atoms with van der Waals surface area (Å²) in [5.41, 5.74) is 1.55. The van der Waals surface area contributed by atoms with Gasteiger partial charge in [0, 0.05) is 10.9 Å². The van der Waals surface area contributed by atoms with Crippen LogP contribution in [0.2, 0.25) is 0 Å². The molecule has 0 aliphatic heterocycles. The molecule has 2 nitrogen and oxygen atoms in total. The zero-order chi connectivity index (χ0) is 17.2. The van der Waals surface area contributed by atoms with Gasteiger partial charge in [-0.3, -0.25) is 0 Å². The zero-order valence-electron chi connectivity index (χ0n) is 13.0. The van der Waals surface area contributed by atoms with Crippen LogP contribution in [0.5, 0.6) is 5.75 Å². The fourth-order valence-corrected chi connectivity index (χ4v) is 3.62. The van der Waals surface area contributed by atoms with Crippen molar-refractivity contribution < 1.29 is 13.5 Å². The molecule has 5 heteroatoms. The van der Waals surface area contributed by atoms with E-state index in [1.165, 1.54) is 6.07 Å². The lowest BCUT2D eigenvalue weighted by Gasteiger charge is -2.06. The van der Waals surface area contributed by atoms with Crippen molar-refractivity contribution in [2.45, 2.75) is 6.61 Å². The van der Waals surface area contributed by atoms with Crippen LogP contribution in [0.3, 0.4) is 0 Å². The van der Waals surface area contributed by atoms with Gasteiger partial charge in [0.05, 0.1) is 10.2 Å². The van der Waals surface area contributed by atoms with E-state index in [4.69, 9.17) is 0 Å². The van der Waals surface area contributed by atoms with Crippen LogP contribution in [0.4, 0.5) is 8.78 Å². The summed E-state index contributed by atoms with van der Waals surface area (Å²) < 4.78 is 30.6. The molecule has 1 heterocycles. The molecule has 25 heavy (non-hydrogen) atoms. The molecular formula is C20H13F2NOS. The molecule has 4 rings (SSSR count). The summed E-state index contributed by atoms with van der Waals surface area (Å²) >= 11 is 1.56. The average Bonchev–Trinajstić information content (AvgIpc) is 3.04. The van der Waals surface area contributed by atoms with E-state index in [0.29, 0.717) is 5.56 Å². The summed E-state index contributed by atoms with van der Waals surface area (Å²) in [6, 6.07) is 18.9. The average molecular weight is 353 g/mol. The fourth-order valence-electron chi connectivity index (χ4n) is 2.73. The van der Waals surface area contributed by atoms with Crippen molar-refractivity contribution in [3.8, 4) is 5.75 Å². The van der Waals surface area contributed by atoms with Gasteiger partial charge in [0.25, 0.3) is 0 Å². The number of nitrogens with zero attached hydrogens (tertiary/aromatic N) is 1. The van der Waals surface area contributed by atoms with Crippen LogP contribution in [0, 0.1) is 0 Å². The normalized spacial score (nSPS) is 11.8. The number of para-hydroxylation sites is 1. The van der Waals surface area contributed by atoms with Gasteiger partial charge in [0.15, 0.2) is 0 Å². The second-order valence-electron chi connectivity index (χ2n) is 5.44. The van der Waals surface area contributed by atoms with Gasteiger partial charge in [-0.25, -0.2) is 4.98 Å². The Hall–Kier alpha value is -2.79. The molecular weight excluding hydrogens is 340 g/mol. The van der Waals surface area contributed by atoms with Gasteiger partial charge in [-0.1, -0.05) is 48.5 Å². The monoisotopic (exact) mass is 353 g/mol. The van der Waals surface area contributed by atoms with E-state index in [1.807, 2.05) is 18.2 Å². The maximum Gasteiger partial charge on any atom is 0.387 e. The lowest BCUT2D eigenvalue weighted by molar-refractivity contribution is -0.0499.